The van der Waals surface area contributed by atoms with Crippen molar-refractivity contribution in [1.82, 2.24) is 4.90 Å². The highest BCUT2D eigenvalue weighted by Crippen LogP contribution is 2.15. The van der Waals surface area contributed by atoms with Gasteiger partial charge in [-0.05, 0) is 50.2 Å². The third-order valence-corrected chi connectivity index (χ3v) is 3.57. The summed E-state index contributed by atoms with van der Waals surface area (Å²) in [5, 5.41) is 2.51. The van der Waals surface area contributed by atoms with Gasteiger partial charge in [0, 0.05) is 24.2 Å². The lowest BCUT2D eigenvalue weighted by atomic mass is 10.1. The van der Waals surface area contributed by atoms with Gasteiger partial charge in [0.1, 0.15) is 5.82 Å². The Morgan fingerprint density at radius 1 is 0.957 bits per heavy atom. The maximum Gasteiger partial charge on any atom is 0.255 e. The largest absolute Gasteiger partial charge is 0.339 e. The summed E-state index contributed by atoms with van der Waals surface area (Å²) in [6.45, 7) is 5.09. The number of para-hydroxylation sites is 1. The number of halogens is 1. The molecule has 0 unspecified atom stereocenters. The van der Waals surface area contributed by atoms with Crippen LogP contribution >= 0.6 is 0 Å². The van der Waals surface area contributed by atoms with Crippen molar-refractivity contribution in [1.29, 1.82) is 0 Å². The van der Waals surface area contributed by atoms with E-state index in [0.717, 1.165) is 0 Å². The van der Waals surface area contributed by atoms with Crippen molar-refractivity contribution in [2.24, 2.45) is 0 Å². The Morgan fingerprint density at radius 2 is 1.52 bits per heavy atom. The van der Waals surface area contributed by atoms with E-state index in [1.807, 2.05) is 13.8 Å². The van der Waals surface area contributed by atoms with Crippen LogP contribution in [0.1, 0.15) is 34.6 Å². The SMILES string of the molecule is CCN(CC)C(=O)c1ccc(C(=O)Nc2ccccc2F)cc1. The molecule has 0 aliphatic heterocycles. The second-order valence-electron chi connectivity index (χ2n) is 4.99. The van der Waals surface area contributed by atoms with Crippen molar-refractivity contribution >= 4 is 17.5 Å². The average Bonchev–Trinajstić information content (AvgIpc) is 2.58. The predicted molar refractivity (Wildman–Crippen MR) is 88.0 cm³/mol. The molecule has 120 valence electrons. The lowest BCUT2D eigenvalue weighted by Crippen LogP contribution is -2.30. The number of hydrogen-bond donors (Lipinski definition) is 1. The molecule has 0 atom stereocenters. The van der Waals surface area contributed by atoms with E-state index in [1.165, 1.54) is 12.1 Å². The minimum Gasteiger partial charge on any atom is -0.339 e. The van der Waals surface area contributed by atoms with Crippen molar-refractivity contribution in [3.8, 4) is 0 Å². The molecule has 2 amide bonds. The fourth-order valence-electron chi connectivity index (χ4n) is 2.21. The molecular weight excluding hydrogens is 295 g/mol. The second-order valence-corrected chi connectivity index (χ2v) is 4.99. The van der Waals surface area contributed by atoms with Gasteiger partial charge in [0.15, 0.2) is 0 Å². The van der Waals surface area contributed by atoms with E-state index in [1.54, 1.807) is 41.3 Å². The first kappa shape index (κ1) is 16.7. The number of amides is 2. The number of nitrogens with zero attached hydrogens (tertiary/aromatic N) is 1. The Kier molecular flexibility index (Phi) is 5.46. The third-order valence-electron chi connectivity index (χ3n) is 3.57. The van der Waals surface area contributed by atoms with Crippen molar-refractivity contribution in [3.63, 3.8) is 0 Å². The molecule has 2 aromatic rings. The molecule has 0 spiro atoms. The molecule has 5 heteroatoms. The molecule has 4 nitrogen and oxygen atoms in total. The topological polar surface area (TPSA) is 49.4 Å². The molecule has 0 radical (unpaired) electrons. The Morgan fingerprint density at radius 3 is 2.09 bits per heavy atom. The first-order valence-corrected chi connectivity index (χ1v) is 7.52. The van der Waals surface area contributed by atoms with E-state index >= 15 is 0 Å². The van der Waals surface area contributed by atoms with Gasteiger partial charge in [-0.2, -0.15) is 0 Å². The van der Waals surface area contributed by atoms with Crippen LogP contribution in [0.3, 0.4) is 0 Å². The van der Waals surface area contributed by atoms with Gasteiger partial charge in [-0.1, -0.05) is 12.1 Å². The maximum absolute atomic E-state index is 13.5. The zero-order valence-corrected chi connectivity index (χ0v) is 13.2. The summed E-state index contributed by atoms with van der Waals surface area (Å²) in [4.78, 5) is 26.0. The molecule has 2 aromatic carbocycles. The standard InChI is InChI=1S/C18H19FN2O2/c1-3-21(4-2)18(23)14-11-9-13(10-12-14)17(22)20-16-8-6-5-7-15(16)19/h5-12H,3-4H2,1-2H3,(H,20,22). The lowest BCUT2D eigenvalue weighted by Gasteiger charge is -2.18. The molecule has 23 heavy (non-hydrogen) atoms. The quantitative estimate of drug-likeness (QED) is 0.917. The minimum absolute atomic E-state index is 0.0731. The molecule has 0 aliphatic carbocycles. The molecule has 0 aromatic heterocycles. The van der Waals surface area contributed by atoms with Gasteiger partial charge in [-0.15, -0.1) is 0 Å². The maximum atomic E-state index is 13.5. The van der Waals surface area contributed by atoms with Gasteiger partial charge < -0.3 is 10.2 Å². The fourth-order valence-corrected chi connectivity index (χ4v) is 2.21. The van der Waals surface area contributed by atoms with Gasteiger partial charge in [-0.25, -0.2) is 4.39 Å². The van der Waals surface area contributed by atoms with Crippen LogP contribution in [-0.4, -0.2) is 29.8 Å². The van der Waals surface area contributed by atoms with Crippen LogP contribution in [-0.2, 0) is 0 Å². The second kappa shape index (κ2) is 7.54. The highest BCUT2D eigenvalue weighted by atomic mass is 19.1. The number of nitrogens with one attached hydrogen (secondary N) is 1. The summed E-state index contributed by atoms with van der Waals surface area (Å²) in [7, 11) is 0. The van der Waals surface area contributed by atoms with Gasteiger partial charge in [0.2, 0.25) is 0 Å². The van der Waals surface area contributed by atoms with Crippen LogP contribution < -0.4 is 5.32 Å². The van der Waals surface area contributed by atoms with E-state index in [9.17, 15) is 14.0 Å². The smallest absolute Gasteiger partial charge is 0.255 e. The molecule has 1 N–H and O–H groups in total. The predicted octanol–water partition coefficient (Wildman–Crippen LogP) is 3.56. The monoisotopic (exact) mass is 314 g/mol. The number of hydrogen-bond acceptors (Lipinski definition) is 2. The molecular formula is C18H19FN2O2. The highest BCUT2D eigenvalue weighted by molar-refractivity contribution is 6.05. The van der Waals surface area contributed by atoms with Crippen LogP contribution in [0.5, 0.6) is 0 Å². The normalized spacial score (nSPS) is 10.2. The Bertz CT molecular complexity index is 694. The van der Waals surface area contributed by atoms with Gasteiger partial charge in [0.05, 0.1) is 5.69 Å². The van der Waals surface area contributed by atoms with Crippen LogP contribution in [0.4, 0.5) is 10.1 Å². The number of benzene rings is 2. The van der Waals surface area contributed by atoms with Crippen molar-refractivity contribution in [2.75, 3.05) is 18.4 Å². The van der Waals surface area contributed by atoms with Crippen LogP contribution in [0.2, 0.25) is 0 Å². The molecule has 0 aliphatic rings. The van der Waals surface area contributed by atoms with Gasteiger partial charge >= 0.3 is 0 Å². The van der Waals surface area contributed by atoms with Gasteiger partial charge in [-0.3, -0.25) is 9.59 Å². The summed E-state index contributed by atoms with van der Waals surface area (Å²) >= 11 is 0. The third kappa shape index (κ3) is 3.94. The van der Waals surface area contributed by atoms with Crippen molar-refractivity contribution in [2.45, 2.75) is 13.8 Å². The number of anilines is 1. The van der Waals surface area contributed by atoms with E-state index in [-0.39, 0.29) is 11.6 Å². The van der Waals surface area contributed by atoms with E-state index in [4.69, 9.17) is 0 Å². The fraction of sp³-hybridized carbons (Fsp3) is 0.222. The Labute approximate surface area is 134 Å². The zero-order chi connectivity index (χ0) is 16.8. The number of carbonyl (C=O) groups excluding carboxylic acids is 2. The molecule has 0 saturated carbocycles. The van der Waals surface area contributed by atoms with Crippen molar-refractivity contribution < 1.29 is 14.0 Å². The molecule has 2 rings (SSSR count). The van der Waals surface area contributed by atoms with E-state index in [0.29, 0.717) is 24.2 Å². The summed E-state index contributed by atoms with van der Waals surface area (Å²) in [5.41, 5.74) is 1.02. The summed E-state index contributed by atoms with van der Waals surface area (Å²) in [6, 6.07) is 12.3. The molecule has 0 heterocycles. The number of carbonyl (C=O) groups is 2. The number of rotatable bonds is 5. The van der Waals surface area contributed by atoms with E-state index in [2.05, 4.69) is 5.32 Å². The van der Waals surface area contributed by atoms with Crippen LogP contribution in [0.25, 0.3) is 0 Å². The van der Waals surface area contributed by atoms with Crippen LogP contribution in [0.15, 0.2) is 48.5 Å². The molecule has 0 bridgehead atoms. The van der Waals surface area contributed by atoms with Crippen LogP contribution in [0, 0.1) is 5.82 Å². The minimum atomic E-state index is -0.491. The molecule has 0 saturated heterocycles. The Balaban J connectivity index is 2.12. The highest BCUT2D eigenvalue weighted by Gasteiger charge is 2.14. The zero-order valence-electron chi connectivity index (χ0n) is 13.2. The average molecular weight is 314 g/mol. The van der Waals surface area contributed by atoms with E-state index < -0.39 is 11.7 Å². The molecule has 0 fully saturated rings. The summed E-state index contributed by atoms with van der Waals surface area (Å²) < 4.78 is 13.5. The first-order valence-electron chi connectivity index (χ1n) is 7.52. The summed E-state index contributed by atoms with van der Waals surface area (Å²) in [6.07, 6.45) is 0. The van der Waals surface area contributed by atoms with Crippen molar-refractivity contribution in [3.05, 3.63) is 65.5 Å². The van der Waals surface area contributed by atoms with Gasteiger partial charge in [0.25, 0.3) is 11.8 Å². The lowest BCUT2D eigenvalue weighted by molar-refractivity contribution is 0.0772. The summed E-state index contributed by atoms with van der Waals surface area (Å²) in [5.74, 6) is -0.984. The first-order chi connectivity index (χ1) is 11.1. The Hall–Kier alpha value is -2.69.